The molecule has 1 unspecified atom stereocenters. The Bertz CT molecular complexity index is 710. The lowest BCUT2D eigenvalue weighted by molar-refractivity contribution is -0.122. The predicted octanol–water partition coefficient (Wildman–Crippen LogP) is 4.71. The Labute approximate surface area is 152 Å². The molecular weight excluding hydrogens is 438 g/mol. The summed E-state index contributed by atoms with van der Waals surface area (Å²) in [5, 5.41) is 3.58. The van der Waals surface area contributed by atoms with Gasteiger partial charge in [0.15, 0.2) is 6.10 Å². The molecule has 0 aliphatic heterocycles. The lowest BCUT2D eigenvalue weighted by Gasteiger charge is -2.15. The average molecular weight is 451 g/mol. The van der Waals surface area contributed by atoms with E-state index in [1.807, 2.05) is 13.0 Å². The van der Waals surface area contributed by atoms with Gasteiger partial charge in [0.2, 0.25) is 0 Å². The minimum absolute atomic E-state index is 0.306. The Hall–Kier alpha value is -1.05. The number of pyridine rings is 1. The fourth-order valence-corrected chi connectivity index (χ4v) is 2.41. The van der Waals surface area contributed by atoms with Crippen LogP contribution in [-0.2, 0) is 4.79 Å². The molecule has 0 aliphatic rings. The summed E-state index contributed by atoms with van der Waals surface area (Å²) in [6.07, 6.45) is -0.722. The summed E-state index contributed by atoms with van der Waals surface area (Å²) in [6.45, 7) is 3.52. The molecule has 1 aromatic carbocycles. The van der Waals surface area contributed by atoms with Crippen LogP contribution in [-0.4, -0.2) is 17.0 Å². The Balaban J connectivity index is 2.04. The number of nitrogens with zero attached hydrogens (tertiary/aromatic N) is 1. The van der Waals surface area contributed by atoms with Crippen LogP contribution in [0.2, 0.25) is 10.0 Å². The number of nitrogens with one attached hydrogen (secondary N) is 1. The third-order valence-electron chi connectivity index (χ3n) is 2.84. The van der Waals surface area contributed by atoms with E-state index in [-0.39, 0.29) is 5.91 Å². The molecule has 116 valence electrons. The zero-order valence-corrected chi connectivity index (χ0v) is 15.5. The second kappa shape index (κ2) is 7.48. The lowest BCUT2D eigenvalue weighted by Crippen LogP contribution is -2.30. The monoisotopic (exact) mass is 450 g/mol. The topological polar surface area (TPSA) is 51.2 Å². The van der Waals surface area contributed by atoms with Crippen molar-refractivity contribution in [1.82, 2.24) is 4.98 Å². The second-order valence-corrected chi connectivity index (χ2v) is 6.59. The Morgan fingerprint density at radius 2 is 2.05 bits per heavy atom. The first kappa shape index (κ1) is 17.3. The Kier molecular flexibility index (Phi) is 5.88. The number of hydrogen-bond acceptors (Lipinski definition) is 3. The van der Waals surface area contributed by atoms with E-state index in [1.54, 1.807) is 31.2 Å². The zero-order chi connectivity index (χ0) is 16.3. The van der Waals surface area contributed by atoms with E-state index in [9.17, 15) is 4.79 Å². The molecule has 1 amide bonds. The molecular formula is C15H13Cl2IN2O2. The number of amides is 1. The third kappa shape index (κ3) is 4.47. The van der Waals surface area contributed by atoms with Gasteiger partial charge in [0.25, 0.3) is 5.91 Å². The maximum Gasteiger partial charge on any atom is 0.266 e. The maximum atomic E-state index is 12.1. The highest BCUT2D eigenvalue weighted by molar-refractivity contribution is 14.1. The molecule has 0 radical (unpaired) electrons. The molecule has 1 aromatic heterocycles. The molecule has 0 saturated heterocycles. The minimum Gasteiger partial charge on any atom is -0.479 e. The van der Waals surface area contributed by atoms with E-state index in [4.69, 9.17) is 27.9 Å². The molecule has 0 spiro atoms. The first-order valence-corrected chi connectivity index (χ1v) is 8.26. The number of aryl methyl sites for hydroxylation is 1. The van der Waals surface area contributed by atoms with E-state index in [2.05, 4.69) is 32.9 Å². The number of ether oxygens (including phenoxy) is 1. The van der Waals surface area contributed by atoms with Crippen molar-refractivity contribution in [3.05, 3.63) is 49.6 Å². The van der Waals surface area contributed by atoms with Crippen molar-refractivity contribution < 1.29 is 9.53 Å². The smallest absolute Gasteiger partial charge is 0.266 e. The first-order chi connectivity index (χ1) is 10.4. The number of rotatable bonds is 4. The summed E-state index contributed by atoms with van der Waals surface area (Å²) in [7, 11) is 0. The molecule has 1 N–H and O–H groups in total. The number of carbonyl (C=O) groups excluding carboxylic acids is 1. The molecule has 7 heteroatoms. The summed E-state index contributed by atoms with van der Waals surface area (Å²) >= 11 is 14.0. The molecule has 22 heavy (non-hydrogen) atoms. The average Bonchev–Trinajstić information content (AvgIpc) is 2.45. The summed E-state index contributed by atoms with van der Waals surface area (Å²) in [5.41, 5.74) is 0.854. The van der Waals surface area contributed by atoms with E-state index >= 15 is 0 Å². The third-order valence-corrected chi connectivity index (χ3v) is 4.51. The molecule has 0 bridgehead atoms. The van der Waals surface area contributed by atoms with Crippen LogP contribution >= 0.6 is 45.8 Å². The number of benzene rings is 1. The minimum atomic E-state index is -0.722. The highest BCUT2D eigenvalue weighted by Crippen LogP contribution is 2.28. The van der Waals surface area contributed by atoms with Crippen molar-refractivity contribution in [1.29, 1.82) is 0 Å². The van der Waals surface area contributed by atoms with Crippen LogP contribution in [0.3, 0.4) is 0 Å². The van der Waals surface area contributed by atoms with Gasteiger partial charge in [0, 0.05) is 8.59 Å². The summed E-state index contributed by atoms with van der Waals surface area (Å²) in [4.78, 5) is 16.4. The number of halogens is 3. The first-order valence-electron chi connectivity index (χ1n) is 6.42. The molecule has 0 saturated carbocycles. The van der Waals surface area contributed by atoms with Crippen LogP contribution in [0.25, 0.3) is 0 Å². The van der Waals surface area contributed by atoms with E-state index in [1.165, 1.54) is 0 Å². The fourth-order valence-electron chi connectivity index (χ4n) is 1.66. The second-order valence-electron chi connectivity index (χ2n) is 4.59. The normalized spacial score (nSPS) is 11.9. The molecule has 4 nitrogen and oxygen atoms in total. The van der Waals surface area contributed by atoms with Crippen LogP contribution in [0.4, 0.5) is 5.82 Å². The van der Waals surface area contributed by atoms with Crippen molar-refractivity contribution in [3.63, 3.8) is 0 Å². The molecule has 2 aromatic rings. The van der Waals surface area contributed by atoms with Gasteiger partial charge in [-0.15, -0.1) is 0 Å². The van der Waals surface area contributed by atoms with Gasteiger partial charge in [-0.3, -0.25) is 4.79 Å². The largest absolute Gasteiger partial charge is 0.479 e. The number of carbonyl (C=O) groups is 1. The van der Waals surface area contributed by atoms with E-state index in [0.717, 1.165) is 9.26 Å². The number of hydrogen-bond donors (Lipinski definition) is 1. The van der Waals surface area contributed by atoms with Gasteiger partial charge in [-0.05, 0) is 66.8 Å². The van der Waals surface area contributed by atoms with E-state index in [0.29, 0.717) is 21.6 Å². The predicted molar refractivity (Wildman–Crippen MR) is 96.9 cm³/mol. The van der Waals surface area contributed by atoms with Crippen LogP contribution in [0.1, 0.15) is 12.6 Å². The van der Waals surface area contributed by atoms with Gasteiger partial charge in [0.05, 0.1) is 10.7 Å². The standard InChI is InChI=1S/C15H13Cl2IN2O2/c1-8-12(18)4-6-14(19-8)20-15(21)9(2)22-13-5-3-10(16)7-11(13)17/h3-7,9H,1-2H3,(H,19,20,21). The van der Waals surface area contributed by atoms with Crippen molar-refractivity contribution >= 4 is 57.5 Å². The maximum absolute atomic E-state index is 12.1. The van der Waals surface area contributed by atoms with Gasteiger partial charge in [0.1, 0.15) is 11.6 Å². The van der Waals surface area contributed by atoms with Gasteiger partial charge in [-0.1, -0.05) is 23.2 Å². The van der Waals surface area contributed by atoms with Crippen LogP contribution in [0, 0.1) is 10.5 Å². The van der Waals surface area contributed by atoms with Crippen molar-refractivity contribution in [2.45, 2.75) is 20.0 Å². The molecule has 0 aliphatic carbocycles. The fraction of sp³-hybridized carbons (Fsp3) is 0.200. The van der Waals surface area contributed by atoms with Gasteiger partial charge >= 0.3 is 0 Å². The highest BCUT2D eigenvalue weighted by atomic mass is 127. The summed E-state index contributed by atoms with van der Waals surface area (Å²) in [6, 6.07) is 8.47. The van der Waals surface area contributed by atoms with Crippen molar-refractivity contribution in [2.24, 2.45) is 0 Å². The lowest BCUT2D eigenvalue weighted by atomic mass is 10.3. The summed E-state index contributed by atoms with van der Waals surface area (Å²) in [5.74, 6) is 0.583. The number of anilines is 1. The van der Waals surface area contributed by atoms with Gasteiger partial charge in [-0.2, -0.15) is 0 Å². The van der Waals surface area contributed by atoms with Crippen molar-refractivity contribution in [3.8, 4) is 5.75 Å². The molecule has 0 fully saturated rings. The zero-order valence-electron chi connectivity index (χ0n) is 11.9. The van der Waals surface area contributed by atoms with Gasteiger partial charge in [-0.25, -0.2) is 4.98 Å². The van der Waals surface area contributed by atoms with Crippen LogP contribution < -0.4 is 10.1 Å². The SMILES string of the molecule is Cc1nc(NC(=O)C(C)Oc2ccc(Cl)cc2Cl)ccc1I. The molecule has 1 atom stereocenters. The van der Waals surface area contributed by atoms with E-state index < -0.39 is 6.10 Å². The quantitative estimate of drug-likeness (QED) is 0.686. The Morgan fingerprint density at radius 3 is 2.68 bits per heavy atom. The van der Waals surface area contributed by atoms with Crippen LogP contribution in [0.15, 0.2) is 30.3 Å². The number of aromatic nitrogens is 1. The Morgan fingerprint density at radius 1 is 1.32 bits per heavy atom. The highest BCUT2D eigenvalue weighted by Gasteiger charge is 2.17. The van der Waals surface area contributed by atoms with Crippen molar-refractivity contribution in [2.75, 3.05) is 5.32 Å². The summed E-state index contributed by atoms with van der Waals surface area (Å²) < 4.78 is 6.59. The molecule has 1 heterocycles. The van der Waals surface area contributed by atoms with Gasteiger partial charge < -0.3 is 10.1 Å². The molecule has 2 rings (SSSR count). The van der Waals surface area contributed by atoms with Crippen LogP contribution in [0.5, 0.6) is 5.75 Å².